The van der Waals surface area contributed by atoms with Gasteiger partial charge in [0, 0.05) is 20.8 Å². The van der Waals surface area contributed by atoms with Gasteiger partial charge in [-0.1, -0.05) is 45.9 Å². The van der Waals surface area contributed by atoms with E-state index in [1.807, 2.05) is 31.3 Å². The fourth-order valence-electron chi connectivity index (χ4n) is 1.58. The molecule has 0 aliphatic rings. The van der Waals surface area contributed by atoms with Gasteiger partial charge in [0.2, 0.25) is 0 Å². The first-order chi connectivity index (χ1) is 8.70. The summed E-state index contributed by atoms with van der Waals surface area (Å²) in [5.41, 5.74) is 1.19. The van der Waals surface area contributed by atoms with Crippen LogP contribution in [0.15, 0.2) is 56.7 Å². The monoisotopic (exact) mass is 325 g/mol. The number of hydrogen-bond donors (Lipinski definition) is 1. The van der Waals surface area contributed by atoms with Crippen molar-refractivity contribution in [3.05, 3.63) is 58.3 Å². The molecule has 0 unspecified atom stereocenters. The molecule has 0 aliphatic carbocycles. The Morgan fingerprint density at radius 1 is 1.22 bits per heavy atom. The molecule has 2 aromatic rings. The summed E-state index contributed by atoms with van der Waals surface area (Å²) in [5.74, 6) is -0.182. The number of rotatable bonds is 4. The molecule has 94 valence electrons. The Balaban J connectivity index is 2.20. The summed E-state index contributed by atoms with van der Waals surface area (Å²) >= 11 is 4.96. The average Bonchev–Trinajstić information content (AvgIpc) is 2.36. The van der Waals surface area contributed by atoms with Gasteiger partial charge in [0.1, 0.15) is 5.82 Å². The zero-order valence-corrected chi connectivity index (χ0v) is 12.3. The van der Waals surface area contributed by atoms with Crippen LogP contribution in [0.1, 0.15) is 5.56 Å². The van der Waals surface area contributed by atoms with Crippen molar-refractivity contribution in [1.29, 1.82) is 0 Å². The molecule has 0 spiro atoms. The third-order valence-corrected chi connectivity index (χ3v) is 4.24. The summed E-state index contributed by atoms with van der Waals surface area (Å²) in [7, 11) is 1.91. The number of nitrogens with one attached hydrogen (secondary N) is 1. The predicted molar refractivity (Wildman–Crippen MR) is 77.4 cm³/mol. The van der Waals surface area contributed by atoms with E-state index in [1.165, 1.54) is 23.4 Å². The third kappa shape index (κ3) is 3.34. The molecule has 2 rings (SSSR count). The van der Waals surface area contributed by atoms with Crippen LogP contribution in [0.4, 0.5) is 4.39 Å². The van der Waals surface area contributed by atoms with Crippen LogP contribution in [0.3, 0.4) is 0 Å². The maximum atomic E-state index is 13.5. The van der Waals surface area contributed by atoms with Gasteiger partial charge in [0.15, 0.2) is 0 Å². The van der Waals surface area contributed by atoms with Crippen molar-refractivity contribution in [3.63, 3.8) is 0 Å². The van der Waals surface area contributed by atoms with E-state index in [0.29, 0.717) is 4.90 Å². The topological polar surface area (TPSA) is 12.0 Å². The second-order valence-corrected chi connectivity index (χ2v) is 5.79. The van der Waals surface area contributed by atoms with Gasteiger partial charge in [0.25, 0.3) is 0 Å². The Labute approximate surface area is 119 Å². The van der Waals surface area contributed by atoms with Crippen LogP contribution in [0.25, 0.3) is 0 Å². The molecule has 0 radical (unpaired) electrons. The van der Waals surface area contributed by atoms with E-state index in [4.69, 9.17) is 0 Å². The Bertz CT molecular complexity index is 545. The maximum Gasteiger partial charge on any atom is 0.137 e. The van der Waals surface area contributed by atoms with E-state index in [-0.39, 0.29) is 5.82 Å². The first-order valence-electron chi connectivity index (χ1n) is 5.56. The molecule has 0 saturated carbocycles. The van der Waals surface area contributed by atoms with E-state index < -0.39 is 0 Å². The maximum absolute atomic E-state index is 13.5. The average molecular weight is 326 g/mol. The molecule has 0 heterocycles. The number of hydrogen-bond acceptors (Lipinski definition) is 2. The van der Waals surface area contributed by atoms with E-state index in [0.717, 1.165) is 15.9 Å². The quantitative estimate of drug-likeness (QED) is 0.890. The molecule has 0 saturated heterocycles. The Kier molecular flexibility index (Phi) is 4.80. The molecule has 0 aliphatic heterocycles. The van der Waals surface area contributed by atoms with Crippen molar-refractivity contribution >= 4 is 27.7 Å². The van der Waals surface area contributed by atoms with Crippen LogP contribution in [0, 0.1) is 5.82 Å². The molecule has 0 aromatic heterocycles. The molecule has 0 amide bonds. The highest BCUT2D eigenvalue weighted by Crippen LogP contribution is 2.32. The van der Waals surface area contributed by atoms with E-state index >= 15 is 0 Å². The lowest BCUT2D eigenvalue weighted by molar-refractivity contribution is 0.602. The van der Waals surface area contributed by atoms with Gasteiger partial charge in [-0.15, -0.1) is 0 Å². The minimum Gasteiger partial charge on any atom is -0.316 e. The van der Waals surface area contributed by atoms with Crippen LogP contribution in [-0.4, -0.2) is 7.05 Å². The smallest absolute Gasteiger partial charge is 0.137 e. The molecular weight excluding hydrogens is 313 g/mol. The van der Waals surface area contributed by atoms with E-state index in [9.17, 15) is 4.39 Å². The standard InChI is InChI=1S/C14H13BrFNS/c1-17-9-10-6-7-11(8-12(10)15)18-14-5-3-2-4-13(14)16/h2-8,17H,9H2,1H3. The van der Waals surface area contributed by atoms with Crippen LogP contribution in [-0.2, 0) is 6.54 Å². The Hall–Kier alpha value is -0.840. The van der Waals surface area contributed by atoms with Gasteiger partial charge in [-0.05, 0) is 36.9 Å². The summed E-state index contributed by atoms with van der Waals surface area (Å²) in [5, 5.41) is 3.11. The fourth-order valence-corrected chi connectivity index (χ4v) is 3.13. The van der Waals surface area contributed by atoms with Crippen molar-refractivity contribution < 1.29 is 4.39 Å². The lowest BCUT2D eigenvalue weighted by Crippen LogP contribution is -2.05. The Morgan fingerprint density at radius 2 is 2.00 bits per heavy atom. The molecule has 0 atom stereocenters. The van der Waals surface area contributed by atoms with Crippen LogP contribution in [0.2, 0.25) is 0 Å². The third-order valence-electron chi connectivity index (χ3n) is 2.46. The molecule has 0 bridgehead atoms. The molecule has 0 fully saturated rings. The predicted octanol–water partition coefficient (Wildman–Crippen LogP) is 4.46. The highest BCUT2D eigenvalue weighted by molar-refractivity contribution is 9.10. The fraction of sp³-hybridized carbons (Fsp3) is 0.143. The molecule has 4 heteroatoms. The lowest BCUT2D eigenvalue weighted by atomic mass is 10.2. The second kappa shape index (κ2) is 6.36. The van der Waals surface area contributed by atoms with Gasteiger partial charge < -0.3 is 5.32 Å². The molecular formula is C14H13BrFNS. The number of halogens is 2. The minimum atomic E-state index is -0.182. The summed E-state index contributed by atoms with van der Waals surface area (Å²) in [6.07, 6.45) is 0. The van der Waals surface area contributed by atoms with E-state index in [2.05, 4.69) is 21.2 Å². The van der Waals surface area contributed by atoms with Crippen molar-refractivity contribution in [2.24, 2.45) is 0 Å². The molecule has 18 heavy (non-hydrogen) atoms. The van der Waals surface area contributed by atoms with Gasteiger partial charge in [-0.2, -0.15) is 0 Å². The number of benzene rings is 2. The van der Waals surface area contributed by atoms with Crippen LogP contribution in [0.5, 0.6) is 0 Å². The van der Waals surface area contributed by atoms with Crippen molar-refractivity contribution in [2.75, 3.05) is 7.05 Å². The second-order valence-electron chi connectivity index (χ2n) is 3.82. The lowest BCUT2D eigenvalue weighted by Gasteiger charge is -2.07. The SMILES string of the molecule is CNCc1ccc(Sc2ccccc2F)cc1Br. The van der Waals surface area contributed by atoms with Gasteiger partial charge in [-0.25, -0.2) is 4.39 Å². The minimum absolute atomic E-state index is 0.182. The molecule has 2 aromatic carbocycles. The summed E-state index contributed by atoms with van der Waals surface area (Å²) in [4.78, 5) is 1.66. The van der Waals surface area contributed by atoms with Crippen molar-refractivity contribution in [3.8, 4) is 0 Å². The van der Waals surface area contributed by atoms with Gasteiger partial charge >= 0.3 is 0 Å². The highest BCUT2D eigenvalue weighted by Gasteiger charge is 2.05. The van der Waals surface area contributed by atoms with Crippen LogP contribution >= 0.6 is 27.7 Å². The normalized spacial score (nSPS) is 10.6. The van der Waals surface area contributed by atoms with Gasteiger partial charge in [0.05, 0.1) is 0 Å². The molecule has 1 N–H and O–H groups in total. The zero-order chi connectivity index (χ0) is 13.0. The summed E-state index contributed by atoms with van der Waals surface area (Å²) < 4.78 is 14.6. The summed E-state index contributed by atoms with van der Waals surface area (Å²) in [6.45, 7) is 0.811. The molecule has 1 nitrogen and oxygen atoms in total. The van der Waals surface area contributed by atoms with Crippen molar-refractivity contribution in [1.82, 2.24) is 5.32 Å². The largest absolute Gasteiger partial charge is 0.316 e. The zero-order valence-electron chi connectivity index (χ0n) is 9.91. The van der Waals surface area contributed by atoms with Crippen LogP contribution < -0.4 is 5.32 Å². The van der Waals surface area contributed by atoms with Gasteiger partial charge in [-0.3, -0.25) is 0 Å². The summed E-state index contributed by atoms with van der Waals surface area (Å²) in [6, 6.07) is 12.9. The first kappa shape index (κ1) is 13.6. The Morgan fingerprint density at radius 3 is 2.67 bits per heavy atom. The highest BCUT2D eigenvalue weighted by atomic mass is 79.9. The van der Waals surface area contributed by atoms with Crippen molar-refractivity contribution in [2.45, 2.75) is 16.3 Å². The first-order valence-corrected chi connectivity index (χ1v) is 7.17. The van der Waals surface area contributed by atoms with E-state index in [1.54, 1.807) is 12.1 Å².